The van der Waals surface area contributed by atoms with Crippen LogP contribution in [-0.2, 0) is 26.2 Å². The van der Waals surface area contributed by atoms with Gasteiger partial charge in [-0.15, -0.1) is 0 Å². The molecule has 1 unspecified atom stereocenters. The SMILES string of the molecule is CCOC(=O)C[C@H]1C[C@@]2(O)C3Cc4ccc(OC)cc4[C@@]2(CCN3CC2CC2)CC1=O. The number of rotatable bonds is 6. The molecular weight excluding hydrogens is 394 g/mol. The van der Waals surface area contributed by atoms with Crippen molar-refractivity contribution in [1.29, 1.82) is 0 Å². The van der Waals surface area contributed by atoms with E-state index in [0.29, 0.717) is 13.0 Å². The lowest BCUT2D eigenvalue weighted by molar-refractivity contribution is -0.184. The van der Waals surface area contributed by atoms with Crippen molar-refractivity contribution in [3.05, 3.63) is 29.3 Å². The number of ketones is 1. The van der Waals surface area contributed by atoms with Gasteiger partial charge in [0.25, 0.3) is 0 Å². The van der Waals surface area contributed by atoms with Gasteiger partial charge in [-0.2, -0.15) is 0 Å². The minimum absolute atomic E-state index is 0.0273. The van der Waals surface area contributed by atoms with Gasteiger partial charge in [-0.3, -0.25) is 14.5 Å². The van der Waals surface area contributed by atoms with Crippen LogP contribution in [-0.4, -0.2) is 60.2 Å². The van der Waals surface area contributed by atoms with Gasteiger partial charge < -0.3 is 14.6 Å². The number of nitrogens with zero attached hydrogens (tertiary/aromatic N) is 1. The maximum Gasteiger partial charge on any atom is 0.306 e. The van der Waals surface area contributed by atoms with E-state index in [2.05, 4.69) is 11.0 Å². The molecule has 1 aromatic rings. The highest BCUT2D eigenvalue weighted by Crippen LogP contribution is 2.59. The van der Waals surface area contributed by atoms with E-state index in [1.807, 2.05) is 12.1 Å². The number of aliphatic hydroxyl groups is 1. The van der Waals surface area contributed by atoms with Crippen LogP contribution in [0.5, 0.6) is 5.75 Å². The quantitative estimate of drug-likeness (QED) is 0.704. The zero-order valence-corrected chi connectivity index (χ0v) is 18.6. The maximum absolute atomic E-state index is 13.3. The topological polar surface area (TPSA) is 76.1 Å². The Kier molecular flexibility index (Phi) is 5.13. The molecule has 0 aromatic heterocycles. The average Bonchev–Trinajstić information content (AvgIpc) is 3.55. The van der Waals surface area contributed by atoms with Crippen LogP contribution in [0.3, 0.4) is 0 Å². The normalized spacial score (nSPS) is 34.6. The maximum atomic E-state index is 13.3. The Labute approximate surface area is 183 Å². The van der Waals surface area contributed by atoms with Crippen LogP contribution in [0.4, 0.5) is 0 Å². The largest absolute Gasteiger partial charge is 0.497 e. The molecule has 5 rings (SSSR count). The molecule has 4 aliphatic rings. The highest BCUT2D eigenvalue weighted by atomic mass is 16.5. The highest BCUT2D eigenvalue weighted by molar-refractivity contribution is 5.88. The van der Waals surface area contributed by atoms with Gasteiger partial charge >= 0.3 is 5.97 Å². The van der Waals surface area contributed by atoms with Crippen LogP contribution < -0.4 is 4.74 Å². The first-order valence-corrected chi connectivity index (χ1v) is 11.7. The fourth-order valence-corrected chi connectivity index (χ4v) is 6.56. The molecule has 6 heteroatoms. The summed E-state index contributed by atoms with van der Waals surface area (Å²) in [5, 5.41) is 12.4. The van der Waals surface area contributed by atoms with Gasteiger partial charge in [0.1, 0.15) is 11.5 Å². The lowest BCUT2D eigenvalue weighted by Crippen LogP contribution is -2.74. The number of likely N-dealkylation sites (tertiary alicyclic amines) is 1. The summed E-state index contributed by atoms with van der Waals surface area (Å²) in [6, 6.07) is 6.10. The molecule has 3 fully saturated rings. The van der Waals surface area contributed by atoms with Crippen molar-refractivity contribution in [1.82, 2.24) is 4.90 Å². The van der Waals surface area contributed by atoms with E-state index < -0.39 is 16.9 Å². The number of fused-ring (bicyclic) bond motifs is 1. The van der Waals surface area contributed by atoms with Crippen LogP contribution in [0, 0.1) is 11.8 Å². The summed E-state index contributed by atoms with van der Waals surface area (Å²) >= 11 is 0. The molecule has 31 heavy (non-hydrogen) atoms. The van der Waals surface area contributed by atoms with Crippen LogP contribution in [0.25, 0.3) is 0 Å². The third-order valence-electron chi connectivity index (χ3n) is 8.29. The van der Waals surface area contributed by atoms with E-state index in [-0.39, 0.29) is 30.6 Å². The Bertz CT molecular complexity index is 896. The number of benzene rings is 1. The van der Waals surface area contributed by atoms with Crippen LogP contribution in [0.2, 0.25) is 0 Å². The molecule has 1 heterocycles. The first-order chi connectivity index (χ1) is 14.9. The second kappa shape index (κ2) is 7.59. The molecule has 1 aromatic carbocycles. The molecule has 1 aliphatic heterocycles. The predicted molar refractivity (Wildman–Crippen MR) is 115 cm³/mol. The Morgan fingerprint density at radius 1 is 1.32 bits per heavy atom. The summed E-state index contributed by atoms with van der Waals surface area (Å²) < 4.78 is 10.6. The zero-order chi connectivity index (χ0) is 21.8. The Hall–Kier alpha value is -1.92. The second-order valence-electron chi connectivity index (χ2n) is 9.99. The molecule has 2 saturated carbocycles. The fraction of sp³-hybridized carbons (Fsp3) is 0.680. The molecule has 1 N–H and O–H groups in total. The standard InChI is InChI=1S/C25H33NO5/c1-3-31-23(28)11-18-13-25(29)22-10-17-6-7-19(30-2)12-20(17)24(25,14-21(18)27)8-9-26(22)15-16-4-5-16/h6-7,12,16,18,22,29H,3-5,8-11,13-15H2,1-2H3/t18-,22?,24+,25+/m0/s1. The molecule has 1 saturated heterocycles. The minimum atomic E-state index is -1.04. The van der Waals surface area contributed by atoms with Crippen LogP contribution in [0.1, 0.15) is 56.6 Å². The number of hydrogen-bond acceptors (Lipinski definition) is 6. The van der Waals surface area contributed by atoms with Crippen molar-refractivity contribution < 1.29 is 24.2 Å². The number of hydrogen-bond donors (Lipinski definition) is 1. The molecule has 0 amide bonds. The number of Topliss-reactive ketones (excluding diaryl/α,β-unsaturated/α-hetero) is 1. The average molecular weight is 428 g/mol. The van der Waals surface area contributed by atoms with E-state index >= 15 is 0 Å². The number of methoxy groups -OCH3 is 1. The summed E-state index contributed by atoms with van der Waals surface area (Å²) in [5.74, 6) is 0.734. The Morgan fingerprint density at radius 2 is 2.13 bits per heavy atom. The molecule has 6 nitrogen and oxygen atoms in total. The Morgan fingerprint density at radius 3 is 2.84 bits per heavy atom. The van der Waals surface area contributed by atoms with E-state index in [0.717, 1.165) is 43.2 Å². The molecular formula is C25H33NO5. The second-order valence-corrected chi connectivity index (χ2v) is 9.99. The van der Waals surface area contributed by atoms with Crippen molar-refractivity contribution in [3.8, 4) is 5.75 Å². The van der Waals surface area contributed by atoms with E-state index in [9.17, 15) is 14.7 Å². The molecule has 4 atom stereocenters. The number of esters is 1. The van der Waals surface area contributed by atoms with Crippen molar-refractivity contribution >= 4 is 11.8 Å². The monoisotopic (exact) mass is 427 g/mol. The highest BCUT2D eigenvalue weighted by Gasteiger charge is 2.66. The third-order valence-corrected chi connectivity index (χ3v) is 8.29. The number of ether oxygens (including phenoxy) is 2. The van der Waals surface area contributed by atoms with Gasteiger partial charge in [-0.1, -0.05) is 6.07 Å². The predicted octanol–water partition coefficient (Wildman–Crippen LogP) is 2.64. The number of carbonyl (C=O) groups is 2. The first kappa shape index (κ1) is 21.0. The number of piperidine rings is 1. The van der Waals surface area contributed by atoms with Gasteiger partial charge in [-0.25, -0.2) is 0 Å². The smallest absolute Gasteiger partial charge is 0.306 e. The van der Waals surface area contributed by atoms with Crippen molar-refractivity contribution in [3.63, 3.8) is 0 Å². The zero-order valence-electron chi connectivity index (χ0n) is 18.6. The van der Waals surface area contributed by atoms with Gasteiger partial charge in [0.2, 0.25) is 0 Å². The summed E-state index contributed by atoms with van der Waals surface area (Å²) in [6.45, 7) is 3.99. The minimum Gasteiger partial charge on any atom is -0.497 e. The lowest BCUT2D eigenvalue weighted by Gasteiger charge is -2.64. The molecule has 0 radical (unpaired) electrons. The van der Waals surface area contributed by atoms with Crippen molar-refractivity contribution in [2.75, 3.05) is 26.8 Å². The summed E-state index contributed by atoms with van der Waals surface area (Å²) in [6.07, 6.45) is 4.73. The Balaban J connectivity index is 1.56. The van der Waals surface area contributed by atoms with Crippen molar-refractivity contribution in [2.45, 2.75) is 68.9 Å². The molecule has 0 spiro atoms. The number of carbonyl (C=O) groups excluding carboxylic acids is 2. The summed E-state index contributed by atoms with van der Waals surface area (Å²) in [4.78, 5) is 28.0. The van der Waals surface area contributed by atoms with E-state index in [1.54, 1.807) is 14.0 Å². The van der Waals surface area contributed by atoms with Crippen molar-refractivity contribution in [2.24, 2.45) is 11.8 Å². The first-order valence-electron chi connectivity index (χ1n) is 11.7. The lowest BCUT2D eigenvalue weighted by atomic mass is 9.47. The fourth-order valence-electron chi connectivity index (χ4n) is 6.56. The van der Waals surface area contributed by atoms with Gasteiger partial charge in [0.15, 0.2) is 0 Å². The summed E-state index contributed by atoms with van der Waals surface area (Å²) in [5.41, 5.74) is 0.638. The molecule has 3 aliphatic carbocycles. The third kappa shape index (κ3) is 3.30. The van der Waals surface area contributed by atoms with Gasteiger partial charge in [0, 0.05) is 30.3 Å². The van der Waals surface area contributed by atoms with E-state index in [1.165, 1.54) is 18.4 Å². The van der Waals surface area contributed by atoms with Gasteiger partial charge in [0.05, 0.1) is 25.7 Å². The molecule has 2 bridgehead atoms. The summed E-state index contributed by atoms with van der Waals surface area (Å²) in [7, 11) is 1.65. The van der Waals surface area contributed by atoms with Crippen LogP contribution >= 0.6 is 0 Å². The van der Waals surface area contributed by atoms with Crippen LogP contribution in [0.15, 0.2) is 18.2 Å². The molecule has 168 valence electrons. The van der Waals surface area contributed by atoms with Gasteiger partial charge in [-0.05, 0) is 74.8 Å². The van der Waals surface area contributed by atoms with E-state index in [4.69, 9.17) is 9.47 Å².